The van der Waals surface area contributed by atoms with Gasteiger partial charge in [0.15, 0.2) is 4.80 Å². The fraction of sp³-hybridized carbons (Fsp3) is 0.150. The van der Waals surface area contributed by atoms with Crippen LogP contribution in [0.5, 0.6) is 0 Å². The van der Waals surface area contributed by atoms with E-state index in [-0.39, 0.29) is 34.9 Å². The Morgan fingerprint density at radius 3 is 2.70 bits per heavy atom. The third-order valence-electron chi connectivity index (χ3n) is 4.70. The van der Waals surface area contributed by atoms with Crippen LogP contribution in [0.3, 0.4) is 0 Å². The molecule has 1 aliphatic heterocycles. The summed E-state index contributed by atoms with van der Waals surface area (Å²) in [6, 6.07) is 10.2. The molecule has 0 saturated heterocycles. The van der Waals surface area contributed by atoms with E-state index in [1.807, 2.05) is 0 Å². The van der Waals surface area contributed by atoms with Gasteiger partial charge in [-0.3, -0.25) is 9.59 Å². The van der Waals surface area contributed by atoms with Crippen molar-refractivity contribution in [3.05, 3.63) is 81.4 Å². The SMILES string of the molecule is CCN1C(=O)c2ccc(C(=O)N=c3sccn3Cc3ccccc3F)cc2S1(=O)=O. The highest BCUT2D eigenvalue weighted by molar-refractivity contribution is 7.90. The molecule has 0 fully saturated rings. The van der Waals surface area contributed by atoms with Crippen LogP contribution in [-0.4, -0.2) is 35.6 Å². The van der Waals surface area contributed by atoms with E-state index in [4.69, 9.17) is 0 Å². The Kier molecular flexibility index (Phi) is 5.12. The van der Waals surface area contributed by atoms with Crippen molar-refractivity contribution < 1.29 is 22.4 Å². The maximum Gasteiger partial charge on any atom is 0.279 e. The molecule has 0 N–H and O–H groups in total. The van der Waals surface area contributed by atoms with Crippen molar-refractivity contribution in [1.82, 2.24) is 8.87 Å². The van der Waals surface area contributed by atoms with Crippen molar-refractivity contribution in [2.45, 2.75) is 18.4 Å². The highest BCUT2D eigenvalue weighted by Gasteiger charge is 2.40. The van der Waals surface area contributed by atoms with E-state index >= 15 is 0 Å². The summed E-state index contributed by atoms with van der Waals surface area (Å²) in [6.45, 7) is 1.77. The zero-order valence-electron chi connectivity index (χ0n) is 15.8. The predicted molar refractivity (Wildman–Crippen MR) is 108 cm³/mol. The highest BCUT2D eigenvalue weighted by atomic mass is 32.2. The minimum Gasteiger partial charge on any atom is -0.319 e. The number of fused-ring (bicyclic) bond motifs is 1. The van der Waals surface area contributed by atoms with Crippen molar-refractivity contribution in [3.8, 4) is 0 Å². The summed E-state index contributed by atoms with van der Waals surface area (Å²) in [5.41, 5.74) is 0.541. The van der Waals surface area contributed by atoms with E-state index in [0.29, 0.717) is 10.4 Å². The molecule has 3 aromatic rings. The Morgan fingerprint density at radius 2 is 1.97 bits per heavy atom. The van der Waals surface area contributed by atoms with Gasteiger partial charge in [-0.2, -0.15) is 4.99 Å². The van der Waals surface area contributed by atoms with Gasteiger partial charge in [0, 0.05) is 29.2 Å². The van der Waals surface area contributed by atoms with E-state index in [2.05, 4.69) is 4.99 Å². The van der Waals surface area contributed by atoms with Gasteiger partial charge in [0.1, 0.15) is 10.7 Å². The van der Waals surface area contributed by atoms with Crippen LogP contribution in [0.25, 0.3) is 0 Å². The van der Waals surface area contributed by atoms with E-state index in [9.17, 15) is 22.4 Å². The molecule has 0 aliphatic carbocycles. The van der Waals surface area contributed by atoms with Gasteiger partial charge in [-0.25, -0.2) is 17.1 Å². The van der Waals surface area contributed by atoms with Crippen LogP contribution in [0.2, 0.25) is 0 Å². The summed E-state index contributed by atoms with van der Waals surface area (Å²) in [5.74, 6) is -1.62. The van der Waals surface area contributed by atoms with Gasteiger partial charge >= 0.3 is 0 Å². The van der Waals surface area contributed by atoms with E-state index in [1.54, 1.807) is 41.3 Å². The first kappa shape index (κ1) is 20.2. The number of halogens is 1. The summed E-state index contributed by atoms with van der Waals surface area (Å²) in [4.78, 5) is 29.1. The number of aromatic nitrogens is 1. The monoisotopic (exact) mass is 445 g/mol. The van der Waals surface area contributed by atoms with Gasteiger partial charge in [-0.15, -0.1) is 11.3 Å². The highest BCUT2D eigenvalue weighted by Crippen LogP contribution is 2.30. The lowest BCUT2D eigenvalue weighted by atomic mass is 10.1. The second kappa shape index (κ2) is 7.62. The van der Waals surface area contributed by atoms with Crippen molar-refractivity contribution >= 4 is 33.2 Å². The topological polar surface area (TPSA) is 88.8 Å². The first-order chi connectivity index (χ1) is 14.3. The normalized spacial score (nSPS) is 15.5. The molecule has 2 amide bonds. The van der Waals surface area contributed by atoms with Gasteiger partial charge in [0.05, 0.1) is 12.1 Å². The third kappa shape index (κ3) is 3.37. The largest absolute Gasteiger partial charge is 0.319 e. The molecule has 2 aromatic carbocycles. The van der Waals surface area contributed by atoms with Crippen LogP contribution in [0.1, 0.15) is 33.2 Å². The number of sulfonamides is 1. The minimum absolute atomic E-state index is 0.00867. The van der Waals surface area contributed by atoms with Gasteiger partial charge < -0.3 is 4.57 Å². The molecule has 0 radical (unpaired) electrons. The van der Waals surface area contributed by atoms with Crippen LogP contribution >= 0.6 is 11.3 Å². The van der Waals surface area contributed by atoms with Crippen LogP contribution in [0.4, 0.5) is 4.39 Å². The lowest BCUT2D eigenvalue weighted by Crippen LogP contribution is -2.29. The minimum atomic E-state index is -3.97. The lowest BCUT2D eigenvalue weighted by Gasteiger charge is -2.10. The number of carbonyl (C=O) groups is 2. The maximum absolute atomic E-state index is 13.9. The first-order valence-corrected chi connectivity index (χ1v) is 11.3. The number of rotatable bonds is 4. The number of nitrogens with zero attached hydrogens (tertiary/aromatic N) is 3. The lowest BCUT2D eigenvalue weighted by molar-refractivity contribution is 0.0874. The maximum atomic E-state index is 13.9. The summed E-state index contributed by atoms with van der Waals surface area (Å²) >= 11 is 1.20. The molecular weight excluding hydrogens is 429 g/mol. The fourth-order valence-electron chi connectivity index (χ4n) is 3.19. The molecule has 0 atom stereocenters. The van der Waals surface area contributed by atoms with E-state index < -0.39 is 21.8 Å². The van der Waals surface area contributed by atoms with E-state index in [1.165, 1.54) is 35.6 Å². The molecule has 30 heavy (non-hydrogen) atoms. The number of benzene rings is 2. The molecule has 7 nitrogen and oxygen atoms in total. The van der Waals surface area contributed by atoms with Crippen LogP contribution < -0.4 is 4.80 Å². The average molecular weight is 445 g/mol. The number of hydrogen-bond acceptors (Lipinski definition) is 5. The third-order valence-corrected chi connectivity index (χ3v) is 7.39. The van der Waals surface area contributed by atoms with Crippen molar-refractivity contribution in [3.63, 3.8) is 0 Å². The summed E-state index contributed by atoms with van der Waals surface area (Å²) < 4.78 is 41.4. The summed E-state index contributed by atoms with van der Waals surface area (Å²) in [7, 11) is -3.97. The zero-order valence-corrected chi connectivity index (χ0v) is 17.4. The molecular formula is C20H16FN3O4S2. The molecule has 1 aliphatic rings. The van der Waals surface area contributed by atoms with Gasteiger partial charge in [-0.1, -0.05) is 18.2 Å². The fourth-order valence-corrected chi connectivity index (χ4v) is 5.52. The number of carbonyl (C=O) groups excluding carboxylic acids is 2. The molecule has 2 heterocycles. The second-order valence-electron chi connectivity index (χ2n) is 6.51. The standard InChI is InChI=1S/C20H16FN3O4S2/c1-2-24-19(26)15-8-7-13(11-17(15)30(24,27)28)18(25)22-20-23(9-10-29-20)12-14-5-3-4-6-16(14)21/h3-11H,2,12H2,1H3. The second-order valence-corrected chi connectivity index (χ2v) is 9.21. The van der Waals surface area contributed by atoms with Crippen molar-refractivity contribution in [2.24, 2.45) is 4.99 Å². The van der Waals surface area contributed by atoms with Crippen LogP contribution in [0.15, 0.2) is 63.9 Å². The Labute approximate surface area is 175 Å². The number of amides is 2. The Morgan fingerprint density at radius 1 is 1.20 bits per heavy atom. The van der Waals surface area contributed by atoms with E-state index in [0.717, 1.165) is 4.31 Å². The Hall–Kier alpha value is -3.11. The molecule has 0 bridgehead atoms. The van der Waals surface area contributed by atoms with Gasteiger partial charge in [0.2, 0.25) is 0 Å². The average Bonchev–Trinajstić information content (AvgIpc) is 3.23. The molecule has 0 unspecified atom stereocenters. The quantitative estimate of drug-likeness (QED) is 0.618. The van der Waals surface area contributed by atoms with Crippen LogP contribution in [-0.2, 0) is 16.6 Å². The zero-order chi connectivity index (χ0) is 21.5. The molecule has 1 aromatic heterocycles. The van der Waals surface area contributed by atoms with Crippen molar-refractivity contribution in [2.75, 3.05) is 6.54 Å². The summed E-state index contributed by atoms with van der Waals surface area (Å²) in [5, 5.41) is 1.72. The number of hydrogen-bond donors (Lipinski definition) is 0. The van der Waals surface area contributed by atoms with Gasteiger partial charge in [-0.05, 0) is 31.2 Å². The smallest absolute Gasteiger partial charge is 0.279 e. The first-order valence-electron chi connectivity index (χ1n) is 9.00. The molecule has 4 rings (SSSR count). The number of thiazole rings is 1. The molecule has 10 heteroatoms. The van der Waals surface area contributed by atoms with Crippen LogP contribution in [0, 0.1) is 5.82 Å². The predicted octanol–water partition coefficient (Wildman–Crippen LogP) is 2.64. The molecule has 0 saturated carbocycles. The summed E-state index contributed by atoms with van der Waals surface area (Å²) in [6.07, 6.45) is 1.69. The van der Waals surface area contributed by atoms with Crippen molar-refractivity contribution in [1.29, 1.82) is 0 Å². The molecule has 0 spiro atoms. The molecule has 154 valence electrons. The Balaban J connectivity index is 1.69. The van der Waals surface area contributed by atoms with Gasteiger partial charge in [0.25, 0.3) is 21.8 Å². The Bertz CT molecular complexity index is 1340.